The van der Waals surface area contributed by atoms with Gasteiger partial charge < -0.3 is 14.2 Å². The van der Waals surface area contributed by atoms with E-state index in [1.165, 1.54) is 29.1 Å². The average molecular weight is 543 g/mol. The molecular weight excluding hydrogens is 511 g/mol. The summed E-state index contributed by atoms with van der Waals surface area (Å²) in [5.74, 6) is -5.97. The lowest BCUT2D eigenvalue weighted by atomic mass is 9.52. The number of hydrogen-bond acceptors (Lipinski definition) is 8. The molecule has 5 atom stereocenters. The van der Waals surface area contributed by atoms with Gasteiger partial charge >= 0.3 is 7.60 Å². The predicted octanol–water partition coefficient (Wildman–Crippen LogP) is 2.69. The zero-order chi connectivity index (χ0) is 27.4. The molecule has 0 radical (unpaired) electrons. The molecular formula is C26H31N4O7P. The molecule has 1 aliphatic carbocycles. The molecule has 11 nitrogen and oxygen atoms in total. The molecule has 3 amide bonds. The van der Waals surface area contributed by atoms with Crippen molar-refractivity contribution in [1.29, 1.82) is 0 Å². The van der Waals surface area contributed by atoms with Crippen molar-refractivity contribution in [3.05, 3.63) is 60.7 Å². The second-order valence-electron chi connectivity index (χ2n) is 9.48. The van der Waals surface area contributed by atoms with E-state index in [4.69, 9.17) is 9.05 Å². The van der Waals surface area contributed by atoms with Crippen LogP contribution in [0, 0.1) is 23.7 Å². The van der Waals surface area contributed by atoms with E-state index in [1.807, 2.05) is 0 Å². The first-order valence-corrected chi connectivity index (χ1v) is 14.1. The zero-order valence-corrected chi connectivity index (χ0v) is 22.5. The fraction of sp³-hybridized carbons (Fsp3) is 0.423. The van der Waals surface area contributed by atoms with Gasteiger partial charge in [0.05, 0.1) is 42.3 Å². The molecule has 1 saturated carbocycles. The van der Waals surface area contributed by atoms with Gasteiger partial charge in [-0.05, 0) is 38.1 Å². The first-order chi connectivity index (χ1) is 18.1. The molecule has 3 aliphatic rings. The van der Waals surface area contributed by atoms with Crippen molar-refractivity contribution >= 4 is 36.7 Å². The molecule has 2 saturated heterocycles. The Balaban J connectivity index is 1.67. The maximum absolute atomic E-state index is 14.3. The summed E-state index contributed by atoms with van der Waals surface area (Å²) in [6.45, 7) is 3.12. The van der Waals surface area contributed by atoms with Crippen LogP contribution in [-0.4, -0.2) is 65.6 Å². The summed E-state index contributed by atoms with van der Waals surface area (Å²) in [4.78, 5) is 41.8. The van der Waals surface area contributed by atoms with Crippen LogP contribution in [-0.2, 0) is 28.0 Å². The van der Waals surface area contributed by atoms with E-state index in [0.29, 0.717) is 11.4 Å². The fourth-order valence-corrected chi connectivity index (χ4v) is 8.34. The second kappa shape index (κ2) is 9.59. The van der Waals surface area contributed by atoms with Crippen LogP contribution in [0.2, 0.25) is 0 Å². The number of anilines is 2. The predicted molar refractivity (Wildman–Crippen MR) is 138 cm³/mol. The zero-order valence-electron chi connectivity index (χ0n) is 21.6. The third-order valence-electron chi connectivity index (χ3n) is 7.67. The minimum atomic E-state index is -4.40. The number of nitrogens with zero attached hydrogens (tertiary/aromatic N) is 4. The van der Waals surface area contributed by atoms with Crippen molar-refractivity contribution in [2.45, 2.75) is 19.3 Å². The summed E-state index contributed by atoms with van der Waals surface area (Å²) in [6, 6.07) is 17.2. The molecule has 202 valence electrons. The number of fused-ring (bicyclic) bond motifs is 4. The van der Waals surface area contributed by atoms with Gasteiger partial charge in [-0.1, -0.05) is 36.4 Å². The standard InChI is InChI=1S/C26H31N4O7P/c1-5-36-38(35,37-6-2)26(34)22-20-19(21(22)25(33)30(28(26)4)18-15-11-8-12-16-18)24(32)29(27(3)23(20)31)17-13-9-7-10-14-17/h7-16,19-22,34H,5-6H2,1-4H3. The number of para-hydroxylation sites is 2. The van der Waals surface area contributed by atoms with Crippen LogP contribution in [0.4, 0.5) is 11.4 Å². The van der Waals surface area contributed by atoms with Crippen molar-refractivity contribution in [3.63, 3.8) is 0 Å². The van der Waals surface area contributed by atoms with E-state index < -0.39 is 54.5 Å². The van der Waals surface area contributed by atoms with Gasteiger partial charge in [-0.2, -0.15) is 5.01 Å². The molecule has 5 rings (SSSR count). The van der Waals surface area contributed by atoms with Crippen LogP contribution in [0.15, 0.2) is 60.7 Å². The fourth-order valence-electron chi connectivity index (χ4n) is 6.07. The second-order valence-corrected chi connectivity index (χ2v) is 11.6. The number of hydrazine groups is 2. The van der Waals surface area contributed by atoms with Gasteiger partial charge in [0.2, 0.25) is 17.3 Å². The molecule has 12 heteroatoms. The van der Waals surface area contributed by atoms with Crippen LogP contribution in [0.25, 0.3) is 0 Å². The van der Waals surface area contributed by atoms with E-state index in [9.17, 15) is 24.1 Å². The van der Waals surface area contributed by atoms with Gasteiger partial charge in [0.15, 0.2) is 0 Å². The maximum Gasteiger partial charge on any atom is 0.379 e. The van der Waals surface area contributed by atoms with Crippen LogP contribution < -0.4 is 10.0 Å². The van der Waals surface area contributed by atoms with Crippen LogP contribution in [0.1, 0.15) is 13.8 Å². The Kier molecular flexibility index (Phi) is 6.69. The van der Waals surface area contributed by atoms with Gasteiger partial charge in [-0.3, -0.25) is 18.9 Å². The van der Waals surface area contributed by atoms with E-state index in [0.717, 1.165) is 5.01 Å². The lowest BCUT2D eigenvalue weighted by molar-refractivity contribution is -0.225. The first-order valence-electron chi connectivity index (χ1n) is 12.5. The number of amides is 3. The highest BCUT2D eigenvalue weighted by Crippen LogP contribution is 2.72. The van der Waals surface area contributed by atoms with Crippen molar-refractivity contribution in [2.24, 2.45) is 23.7 Å². The average Bonchev–Trinajstić information content (AvgIpc) is 2.88. The van der Waals surface area contributed by atoms with Crippen LogP contribution in [0.5, 0.6) is 0 Å². The molecule has 1 N–H and O–H groups in total. The highest BCUT2D eigenvalue weighted by Gasteiger charge is 2.79. The molecule has 2 aliphatic heterocycles. The number of carbonyl (C=O) groups excluding carboxylic acids is 3. The minimum Gasteiger partial charge on any atom is -0.364 e. The Morgan fingerprint density at radius 1 is 0.763 bits per heavy atom. The van der Waals surface area contributed by atoms with Crippen molar-refractivity contribution in [2.75, 3.05) is 37.3 Å². The Morgan fingerprint density at radius 3 is 1.71 bits per heavy atom. The minimum absolute atomic E-state index is 0.0489. The smallest absolute Gasteiger partial charge is 0.364 e. The topological polar surface area (TPSA) is 120 Å². The summed E-state index contributed by atoms with van der Waals surface area (Å²) in [7, 11) is -1.53. The number of aliphatic hydroxyl groups is 1. The normalized spacial score (nSPS) is 29.7. The molecule has 2 aromatic rings. The summed E-state index contributed by atoms with van der Waals surface area (Å²) >= 11 is 0. The SMILES string of the molecule is CCOP(=O)(OCC)C1(O)C2C3C(=O)N(C)N(c4ccccc4)C(=O)C3C2C(=O)N(c2ccccc2)N1C. The number of carbonyl (C=O) groups is 3. The Bertz CT molecular complexity index is 1290. The highest BCUT2D eigenvalue weighted by molar-refractivity contribution is 7.55. The summed E-state index contributed by atoms with van der Waals surface area (Å²) < 4.78 is 25.5. The van der Waals surface area contributed by atoms with E-state index in [2.05, 4.69) is 0 Å². The largest absolute Gasteiger partial charge is 0.379 e. The van der Waals surface area contributed by atoms with E-state index in [1.54, 1.807) is 74.5 Å². The Hall–Kier alpha value is -3.08. The van der Waals surface area contributed by atoms with Crippen LogP contribution >= 0.6 is 7.60 Å². The number of rotatable bonds is 7. The quantitative estimate of drug-likeness (QED) is 0.531. The molecule has 2 heterocycles. The van der Waals surface area contributed by atoms with Crippen molar-refractivity contribution in [3.8, 4) is 0 Å². The van der Waals surface area contributed by atoms with Gasteiger partial charge in [0.25, 0.3) is 5.91 Å². The molecule has 3 fully saturated rings. The van der Waals surface area contributed by atoms with Crippen LogP contribution in [0.3, 0.4) is 0 Å². The maximum atomic E-state index is 14.3. The van der Waals surface area contributed by atoms with Gasteiger partial charge in [-0.15, -0.1) is 0 Å². The summed E-state index contributed by atoms with van der Waals surface area (Å²) in [5, 5.41) is 17.2. The van der Waals surface area contributed by atoms with Crippen molar-refractivity contribution < 1.29 is 33.1 Å². The molecule has 2 aromatic carbocycles. The third-order valence-corrected chi connectivity index (χ3v) is 10.3. The lowest BCUT2D eigenvalue weighted by Crippen LogP contribution is -2.81. The molecule has 5 unspecified atom stereocenters. The number of benzene rings is 2. The summed E-state index contributed by atoms with van der Waals surface area (Å²) in [5.41, 5.74) is -1.55. The van der Waals surface area contributed by atoms with Crippen molar-refractivity contribution in [1.82, 2.24) is 10.0 Å². The highest BCUT2D eigenvalue weighted by atomic mass is 31.2. The lowest BCUT2D eigenvalue weighted by Gasteiger charge is -2.65. The molecule has 0 bridgehead atoms. The Labute approximate surface area is 221 Å². The monoisotopic (exact) mass is 542 g/mol. The summed E-state index contributed by atoms with van der Waals surface area (Å²) in [6.07, 6.45) is 0. The third kappa shape index (κ3) is 3.50. The molecule has 0 aromatic heterocycles. The van der Waals surface area contributed by atoms with Gasteiger partial charge in [0, 0.05) is 20.0 Å². The van der Waals surface area contributed by atoms with E-state index in [-0.39, 0.29) is 13.2 Å². The molecule has 38 heavy (non-hydrogen) atoms. The number of hydrogen-bond donors (Lipinski definition) is 1. The Morgan fingerprint density at radius 2 is 1.21 bits per heavy atom. The van der Waals surface area contributed by atoms with E-state index >= 15 is 0 Å². The molecule has 0 spiro atoms. The van der Waals surface area contributed by atoms with Gasteiger partial charge in [-0.25, -0.2) is 15.0 Å². The first kappa shape index (κ1) is 26.5. The van der Waals surface area contributed by atoms with Gasteiger partial charge in [0.1, 0.15) is 0 Å².